The summed E-state index contributed by atoms with van der Waals surface area (Å²) in [6, 6.07) is 17.1. The quantitative estimate of drug-likeness (QED) is 0.381. The number of benzene rings is 3. The van der Waals surface area contributed by atoms with Crippen molar-refractivity contribution in [1.29, 1.82) is 0 Å². The number of rotatable bonds is 11. The van der Waals surface area contributed by atoms with Gasteiger partial charge in [-0.25, -0.2) is 12.8 Å². The van der Waals surface area contributed by atoms with Crippen LogP contribution in [0, 0.1) is 12.7 Å². The predicted octanol–water partition coefficient (Wildman–Crippen LogP) is 4.28. The molecule has 3 aromatic rings. The van der Waals surface area contributed by atoms with Crippen LogP contribution in [0.1, 0.15) is 31.9 Å². The molecule has 0 radical (unpaired) electrons. The van der Waals surface area contributed by atoms with Crippen molar-refractivity contribution < 1.29 is 27.1 Å². The molecule has 0 saturated heterocycles. The number of nitrogens with one attached hydrogen (secondary N) is 1. The summed E-state index contributed by atoms with van der Waals surface area (Å²) in [5.74, 6) is -1.04. The van der Waals surface area contributed by atoms with Gasteiger partial charge in [-0.3, -0.25) is 13.9 Å². The van der Waals surface area contributed by atoms with E-state index in [0.717, 1.165) is 27.6 Å². The molecule has 1 atom stereocenters. The van der Waals surface area contributed by atoms with Crippen LogP contribution in [0.25, 0.3) is 0 Å². The van der Waals surface area contributed by atoms with Gasteiger partial charge in [-0.1, -0.05) is 29.8 Å². The smallest absolute Gasteiger partial charge is 0.264 e. The number of hydrogen-bond donors (Lipinski definition) is 1. The second-order valence-electron chi connectivity index (χ2n) is 9.51. The van der Waals surface area contributed by atoms with Crippen LogP contribution in [0.2, 0.25) is 0 Å². The summed E-state index contributed by atoms with van der Waals surface area (Å²) in [6.45, 7) is 6.65. The van der Waals surface area contributed by atoms with Gasteiger partial charge in [-0.15, -0.1) is 0 Å². The van der Waals surface area contributed by atoms with E-state index in [1.807, 2.05) is 45.0 Å². The van der Waals surface area contributed by atoms with Crippen LogP contribution in [0.3, 0.4) is 0 Å². The summed E-state index contributed by atoms with van der Waals surface area (Å²) in [7, 11) is -2.79. The summed E-state index contributed by atoms with van der Waals surface area (Å²) in [5, 5.41) is 2.81. The van der Waals surface area contributed by atoms with Gasteiger partial charge in [0.15, 0.2) is 0 Å². The van der Waals surface area contributed by atoms with Crippen molar-refractivity contribution in [1.82, 2.24) is 10.2 Å². The monoisotopic (exact) mass is 555 g/mol. The first-order valence-electron chi connectivity index (χ1n) is 12.5. The van der Waals surface area contributed by atoms with E-state index < -0.39 is 34.3 Å². The first-order valence-corrected chi connectivity index (χ1v) is 13.9. The zero-order chi connectivity index (χ0) is 28.7. The second kappa shape index (κ2) is 12.8. The molecule has 0 aromatic heterocycles. The third kappa shape index (κ3) is 7.57. The lowest BCUT2D eigenvalue weighted by molar-refractivity contribution is -0.139. The lowest BCUT2D eigenvalue weighted by atomic mass is 10.1. The van der Waals surface area contributed by atoms with E-state index in [1.54, 1.807) is 6.92 Å². The van der Waals surface area contributed by atoms with Gasteiger partial charge in [0, 0.05) is 12.6 Å². The molecule has 3 aromatic carbocycles. The number of amides is 2. The predicted molar refractivity (Wildman–Crippen MR) is 148 cm³/mol. The SMILES string of the molecule is COc1ccc(S(=O)(=O)N(CC(=O)N(Cc2ccc(C)cc2)C(C)C(=O)NC(C)C)c2ccc(F)cc2)cc1. The minimum Gasteiger partial charge on any atom is -0.497 e. The number of methoxy groups -OCH3 is 1. The summed E-state index contributed by atoms with van der Waals surface area (Å²) < 4.78 is 47.3. The lowest BCUT2D eigenvalue weighted by Gasteiger charge is -2.32. The van der Waals surface area contributed by atoms with Gasteiger partial charge in [0.1, 0.15) is 24.2 Å². The van der Waals surface area contributed by atoms with E-state index in [4.69, 9.17) is 4.74 Å². The van der Waals surface area contributed by atoms with Crippen molar-refractivity contribution in [2.75, 3.05) is 18.0 Å². The van der Waals surface area contributed by atoms with Gasteiger partial charge < -0.3 is 15.0 Å². The van der Waals surface area contributed by atoms with Crippen molar-refractivity contribution in [3.63, 3.8) is 0 Å². The molecular weight excluding hydrogens is 521 g/mol. The Balaban J connectivity index is 2.02. The van der Waals surface area contributed by atoms with Crippen molar-refractivity contribution in [2.45, 2.75) is 51.2 Å². The van der Waals surface area contributed by atoms with Gasteiger partial charge in [0.25, 0.3) is 10.0 Å². The van der Waals surface area contributed by atoms with Crippen molar-refractivity contribution >= 4 is 27.5 Å². The molecule has 208 valence electrons. The van der Waals surface area contributed by atoms with E-state index in [1.165, 1.54) is 48.4 Å². The molecule has 0 spiro atoms. The molecule has 2 amide bonds. The third-order valence-electron chi connectivity index (χ3n) is 6.11. The van der Waals surface area contributed by atoms with E-state index in [9.17, 15) is 22.4 Å². The van der Waals surface area contributed by atoms with Crippen molar-refractivity contribution in [3.05, 3.63) is 89.7 Å². The second-order valence-corrected chi connectivity index (χ2v) is 11.4. The van der Waals surface area contributed by atoms with E-state index in [2.05, 4.69) is 5.32 Å². The molecule has 0 aliphatic rings. The Labute approximate surface area is 229 Å². The summed E-state index contributed by atoms with van der Waals surface area (Å²) >= 11 is 0. The molecule has 0 fully saturated rings. The maximum Gasteiger partial charge on any atom is 0.264 e. The molecule has 0 saturated carbocycles. The van der Waals surface area contributed by atoms with E-state index in [0.29, 0.717) is 5.75 Å². The highest BCUT2D eigenvalue weighted by Gasteiger charge is 2.32. The van der Waals surface area contributed by atoms with Crippen LogP contribution in [-0.4, -0.2) is 50.9 Å². The van der Waals surface area contributed by atoms with Gasteiger partial charge in [-0.05, 0) is 81.8 Å². The van der Waals surface area contributed by atoms with Gasteiger partial charge in [-0.2, -0.15) is 0 Å². The number of nitrogens with zero attached hydrogens (tertiary/aromatic N) is 2. The Bertz CT molecular complexity index is 1380. The molecular formula is C29H34FN3O5S. The van der Waals surface area contributed by atoms with Gasteiger partial charge in [0.05, 0.1) is 17.7 Å². The molecule has 39 heavy (non-hydrogen) atoms. The van der Waals surface area contributed by atoms with E-state index >= 15 is 0 Å². The molecule has 0 aliphatic heterocycles. The highest BCUT2D eigenvalue weighted by atomic mass is 32.2. The Hall–Kier alpha value is -3.92. The molecule has 0 bridgehead atoms. The summed E-state index contributed by atoms with van der Waals surface area (Å²) in [5.41, 5.74) is 1.93. The minimum atomic E-state index is -4.26. The van der Waals surface area contributed by atoms with Gasteiger partial charge in [0.2, 0.25) is 11.8 Å². The largest absolute Gasteiger partial charge is 0.497 e. The number of hydrogen-bond acceptors (Lipinski definition) is 5. The average Bonchev–Trinajstić information content (AvgIpc) is 2.91. The first kappa shape index (κ1) is 29.6. The fourth-order valence-corrected chi connectivity index (χ4v) is 5.30. The number of carbonyl (C=O) groups is 2. The number of anilines is 1. The third-order valence-corrected chi connectivity index (χ3v) is 7.90. The number of aryl methyl sites for hydroxylation is 1. The van der Waals surface area contributed by atoms with E-state index in [-0.39, 0.29) is 29.1 Å². The van der Waals surface area contributed by atoms with Crippen LogP contribution >= 0.6 is 0 Å². The zero-order valence-electron chi connectivity index (χ0n) is 22.7. The molecule has 10 heteroatoms. The number of sulfonamides is 1. The van der Waals surface area contributed by atoms with Crippen LogP contribution in [0.4, 0.5) is 10.1 Å². The maximum atomic E-state index is 13.8. The standard InChI is InChI=1S/C29H34FN3O5S/c1-20(2)31-29(35)22(4)32(18-23-8-6-21(3)7-9-23)28(34)19-33(25-12-10-24(30)11-13-25)39(36,37)27-16-14-26(38-5)15-17-27/h6-17,20,22H,18-19H2,1-5H3,(H,31,35). The zero-order valence-corrected chi connectivity index (χ0v) is 23.5. The fraction of sp³-hybridized carbons (Fsp3) is 0.310. The van der Waals surface area contributed by atoms with Crippen LogP contribution in [-0.2, 0) is 26.2 Å². The number of halogens is 1. The Morgan fingerprint density at radius 1 is 0.923 bits per heavy atom. The van der Waals surface area contributed by atoms with Crippen LogP contribution in [0.15, 0.2) is 77.7 Å². The summed E-state index contributed by atoms with van der Waals surface area (Å²) in [6.07, 6.45) is 0. The Kier molecular flexibility index (Phi) is 9.69. The highest BCUT2D eigenvalue weighted by Crippen LogP contribution is 2.26. The summed E-state index contributed by atoms with van der Waals surface area (Å²) in [4.78, 5) is 28.0. The normalized spacial score (nSPS) is 12.1. The number of ether oxygens (including phenoxy) is 1. The topological polar surface area (TPSA) is 96.0 Å². The maximum absolute atomic E-state index is 13.8. The molecule has 1 unspecified atom stereocenters. The molecule has 8 nitrogen and oxygen atoms in total. The first-order chi connectivity index (χ1) is 18.4. The van der Waals surface area contributed by atoms with Crippen molar-refractivity contribution in [3.8, 4) is 5.75 Å². The Morgan fingerprint density at radius 3 is 2.05 bits per heavy atom. The fourth-order valence-electron chi connectivity index (χ4n) is 3.89. The highest BCUT2D eigenvalue weighted by molar-refractivity contribution is 7.92. The molecule has 3 rings (SSSR count). The Morgan fingerprint density at radius 2 is 1.51 bits per heavy atom. The lowest BCUT2D eigenvalue weighted by Crippen LogP contribution is -2.52. The van der Waals surface area contributed by atoms with Crippen LogP contribution in [0.5, 0.6) is 5.75 Å². The average molecular weight is 556 g/mol. The van der Waals surface area contributed by atoms with Crippen LogP contribution < -0.4 is 14.4 Å². The van der Waals surface area contributed by atoms with Gasteiger partial charge >= 0.3 is 0 Å². The molecule has 1 N–H and O–H groups in total. The van der Waals surface area contributed by atoms with Crippen molar-refractivity contribution in [2.24, 2.45) is 0 Å². The molecule has 0 aliphatic carbocycles. The minimum absolute atomic E-state index is 0.0730. The molecule has 0 heterocycles. The number of carbonyl (C=O) groups excluding carboxylic acids is 2.